The summed E-state index contributed by atoms with van der Waals surface area (Å²) >= 11 is 0. The molecule has 2 aromatic heterocycles. The van der Waals surface area contributed by atoms with Crippen LogP contribution in [0.4, 0.5) is 0 Å². The van der Waals surface area contributed by atoms with Crippen molar-refractivity contribution in [1.29, 1.82) is 0 Å². The second-order valence-electron chi connectivity index (χ2n) is 4.19. The standard InChI is InChI=1S/C14H9N3O3/c1-4-10(12-11(5-1)18-8-19-12)14-17-16-13(20-14)9-3-2-6-15-7-9/h1-7H,8H2. The van der Waals surface area contributed by atoms with Crippen LogP contribution in [0.2, 0.25) is 0 Å². The molecule has 0 radical (unpaired) electrons. The Bertz CT molecular complexity index is 755. The Balaban J connectivity index is 1.78. The summed E-state index contributed by atoms with van der Waals surface area (Å²) < 4.78 is 16.4. The van der Waals surface area contributed by atoms with E-state index in [2.05, 4.69) is 15.2 Å². The average molecular weight is 267 g/mol. The third-order valence-electron chi connectivity index (χ3n) is 2.96. The van der Waals surface area contributed by atoms with Crippen molar-refractivity contribution < 1.29 is 13.9 Å². The van der Waals surface area contributed by atoms with Crippen LogP contribution in [-0.2, 0) is 0 Å². The predicted molar refractivity (Wildman–Crippen MR) is 69.1 cm³/mol. The Hall–Kier alpha value is -2.89. The molecule has 1 aliphatic rings. The Labute approximate surface area is 114 Å². The Morgan fingerprint density at radius 2 is 1.90 bits per heavy atom. The number of ether oxygens (including phenoxy) is 2. The van der Waals surface area contributed by atoms with E-state index < -0.39 is 0 Å². The van der Waals surface area contributed by atoms with Crippen LogP contribution < -0.4 is 9.47 Å². The minimum Gasteiger partial charge on any atom is -0.454 e. The van der Waals surface area contributed by atoms with Gasteiger partial charge in [0.25, 0.3) is 5.89 Å². The lowest BCUT2D eigenvalue weighted by Crippen LogP contribution is -1.93. The van der Waals surface area contributed by atoms with E-state index in [0.717, 1.165) is 11.1 Å². The maximum absolute atomic E-state index is 5.68. The summed E-state index contributed by atoms with van der Waals surface area (Å²) in [5, 5.41) is 8.10. The van der Waals surface area contributed by atoms with Crippen molar-refractivity contribution in [3.63, 3.8) is 0 Å². The van der Waals surface area contributed by atoms with Crippen LogP contribution in [-0.4, -0.2) is 22.0 Å². The van der Waals surface area contributed by atoms with Gasteiger partial charge in [-0.15, -0.1) is 10.2 Å². The third-order valence-corrected chi connectivity index (χ3v) is 2.96. The van der Waals surface area contributed by atoms with Crippen LogP contribution in [0.3, 0.4) is 0 Å². The molecule has 0 spiro atoms. The van der Waals surface area contributed by atoms with Gasteiger partial charge in [0.1, 0.15) is 0 Å². The zero-order valence-corrected chi connectivity index (χ0v) is 10.3. The van der Waals surface area contributed by atoms with Crippen molar-refractivity contribution in [3.8, 4) is 34.4 Å². The van der Waals surface area contributed by atoms with Crippen LogP contribution >= 0.6 is 0 Å². The quantitative estimate of drug-likeness (QED) is 0.710. The largest absolute Gasteiger partial charge is 0.454 e. The summed E-state index contributed by atoms with van der Waals surface area (Å²) in [6, 6.07) is 9.23. The highest BCUT2D eigenvalue weighted by molar-refractivity contribution is 5.69. The maximum Gasteiger partial charge on any atom is 0.252 e. The van der Waals surface area contributed by atoms with E-state index in [1.807, 2.05) is 30.3 Å². The van der Waals surface area contributed by atoms with Gasteiger partial charge in [0.05, 0.1) is 11.1 Å². The van der Waals surface area contributed by atoms with Crippen molar-refractivity contribution in [3.05, 3.63) is 42.7 Å². The number of benzene rings is 1. The molecule has 6 heteroatoms. The number of para-hydroxylation sites is 1. The lowest BCUT2D eigenvalue weighted by molar-refractivity contribution is 0.174. The first-order valence-corrected chi connectivity index (χ1v) is 6.05. The molecule has 0 saturated heterocycles. The van der Waals surface area contributed by atoms with Gasteiger partial charge in [-0.05, 0) is 24.3 Å². The first kappa shape index (κ1) is 11.0. The molecule has 0 bridgehead atoms. The summed E-state index contributed by atoms with van der Waals surface area (Å²) in [7, 11) is 0. The average Bonchev–Trinajstić information content (AvgIpc) is 3.17. The van der Waals surface area contributed by atoms with Crippen molar-refractivity contribution in [2.24, 2.45) is 0 Å². The Kier molecular flexibility index (Phi) is 2.38. The van der Waals surface area contributed by atoms with E-state index in [1.54, 1.807) is 12.4 Å². The molecule has 3 aromatic rings. The molecule has 0 saturated carbocycles. The third kappa shape index (κ3) is 1.70. The predicted octanol–water partition coefficient (Wildman–Crippen LogP) is 2.53. The first-order chi connectivity index (χ1) is 9.92. The molecular formula is C14H9N3O3. The van der Waals surface area contributed by atoms with Gasteiger partial charge in [0, 0.05) is 12.4 Å². The number of aromatic nitrogens is 3. The lowest BCUT2D eigenvalue weighted by Gasteiger charge is -2.00. The molecule has 3 heterocycles. The Morgan fingerprint density at radius 3 is 2.80 bits per heavy atom. The van der Waals surface area contributed by atoms with E-state index in [0.29, 0.717) is 23.3 Å². The molecule has 0 N–H and O–H groups in total. The SMILES string of the molecule is c1cncc(-c2nnc(-c3cccc4c3OCO4)o2)c1. The van der Waals surface area contributed by atoms with Gasteiger partial charge in [-0.2, -0.15) is 0 Å². The summed E-state index contributed by atoms with van der Waals surface area (Å²) in [4.78, 5) is 4.03. The molecular weight excluding hydrogens is 258 g/mol. The molecule has 0 unspecified atom stereocenters. The van der Waals surface area contributed by atoms with Gasteiger partial charge in [0.15, 0.2) is 11.5 Å². The Morgan fingerprint density at radius 1 is 0.950 bits per heavy atom. The first-order valence-electron chi connectivity index (χ1n) is 6.05. The number of hydrogen-bond donors (Lipinski definition) is 0. The molecule has 0 fully saturated rings. The van der Waals surface area contributed by atoms with Gasteiger partial charge in [-0.1, -0.05) is 6.07 Å². The summed E-state index contributed by atoms with van der Waals surface area (Å²) in [5.41, 5.74) is 1.50. The van der Waals surface area contributed by atoms with Gasteiger partial charge in [-0.25, -0.2) is 0 Å². The zero-order valence-electron chi connectivity index (χ0n) is 10.3. The summed E-state index contributed by atoms with van der Waals surface area (Å²) in [6.07, 6.45) is 3.36. The van der Waals surface area contributed by atoms with Crippen LogP contribution in [0.5, 0.6) is 11.5 Å². The normalized spacial score (nSPS) is 12.6. The van der Waals surface area contributed by atoms with Gasteiger partial charge in [0.2, 0.25) is 12.7 Å². The maximum atomic E-state index is 5.68. The summed E-state index contributed by atoms with van der Waals surface area (Å²) in [6.45, 7) is 0.204. The van der Waals surface area contributed by atoms with E-state index >= 15 is 0 Å². The van der Waals surface area contributed by atoms with Crippen LogP contribution in [0.25, 0.3) is 22.9 Å². The fourth-order valence-electron chi connectivity index (χ4n) is 2.04. The van der Waals surface area contributed by atoms with Gasteiger partial charge in [-0.3, -0.25) is 4.98 Å². The van der Waals surface area contributed by atoms with Gasteiger partial charge < -0.3 is 13.9 Å². The highest BCUT2D eigenvalue weighted by Gasteiger charge is 2.22. The number of rotatable bonds is 2. The molecule has 0 aliphatic carbocycles. The molecule has 1 aromatic carbocycles. The zero-order chi connectivity index (χ0) is 13.4. The van der Waals surface area contributed by atoms with E-state index in [4.69, 9.17) is 13.9 Å². The minimum atomic E-state index is 0.204. The number of hydrogen-bond acceptors (Lipinski definition) is 6. The monoisotopic (exact) mass is 267 g/mol. The van der Waals surface area contributed by atoms with Crippen LogP contribution in [0.1, 0.15) is 0 Å². The van der Waals surface area contributed by atoms with Gasteiger partial charge >= 0.3 is 0 Å². The number of nitrogens with zero attached hydrogens (tertiary/aromatic N) is 3. The number of pyridine rings is 1. The second-order valence-corrected chi connectivity index (χ2v) is 4.19. The summed E-state index contributed by atoms with van der Waals surface area (Å²) in [5.74, 6) is 2.13. The molecule has 0 atom stereocenters. The van der Waals surface area contributed by atoms with Crippen molar-refractivity contribution in [1.82, 2.24) is 15.2 Å². The molecule has 20 heavy (non-hydrogen) atoms. The van der Waals surface area contributed by atoms with Crippen molar-refractivity contribution in [2.45, 2.75) is 0 Å². The van der Waals surface area contributed by atoms with E-state index in [1.165, 1.54) is 0 Å². The van der Waals surface area contributed by atoms with Crippen LogP contribution in [0.15, 0.2) is 47.1 Å². The molecule has 4 rings (SSSR count). The van der Waals surface area contributed by atoms with Crippen molar-refractivity contribution >= 4 is 0 Å². The molecule has 98 valence electrons. The van der Waals surface area contributed by atoms with Crippen molar-refractivity contribution in [2.75, 3.05) is 6.79 Å². The number of fused-ring (bicyclic) bond motifs is 1. The van der Waals surface area contributed by atoms with E-state index in [-0.39, 0.29) is 6.79 Å². The fourth-order valence-corrected chi connectivity index (χ4v) is 2.04. The lowest BCUT2D eigenvalue weighted by atomic mass is 10.2. The molecule has 6 nitrogen and oxygen atoms in total. The van der Waals surface area contributed by atoms with E-state index in [9.17, 15) is 0 Å². The fraction of sp³-hybridized carbons (Fsp3) is 0.0714. The topological polar surface area (TPSA) is 70.3 Å². The molecule has 1 aliphatic heterocycles. The van der Waals surface area contributed by atoms with Crippen LogP contribution in [0, 0.1) is 0 Å². The minimum absolute atomic E-state index is 0.204. The highest BCUT2D eigenvalue weighted by atomic mass is 16.7. The highest BCUT2D eigenvalue weighted by Crippen LogP contribution is 2.40. The molecule has 0 amide bonds. The second kappa shape index (κ2) is 4.34. The smallest absolute Gasteiger partial charge is 0.252 e.